The van der Waals surface area contributed by atoms with Gasteiger partial charge in [0, 0.05) is 30.1 Å². The molecule has 26 heavy (non-hydrogen) atoms. The van der Waals surface area contributed by atoms with E-state index in [9.17, 15) is 9.90 Å². The van der Waals surface area contributed by atoms with Gasteiger partial charge in [0.25, 0.3) is 0 Å². The van der Waals surface area contributed by atoms with Crippen molar-refractivity contribution in [2.75, 3.05) is 11.4 Å². The van der Waals surface area contributed by atoms with Crippen LogP contribution in [0.3, 0.4) is 0 Å². The normalized spacial score (nSPS) is 13.2. The molecule has 0 saturated carbocycles. The maximum atomic E-state index is 11.3. The first-order valence-corrected chi connectivity index (χ1v) is 8.38. The monoisotopic (exact) mass is 347 g/mol. The average Bonchev–Trinajstić information content (AvgIpc) is 2.68. The van der Waals surface area contributed by atoms with E-state index in [4.69, 9.17) is 4.74 Å². The maximum Gasteiger partial charge on any atom is 0.413 e. The summed E-state index contributed by atoms with van der Waals surface area (Å²) in [7, 11) is 0. The van der Waals surface area contributed by atoms with Crippen LogP contribution >= 0.6 is 0 Å². The van der Waals surface area contributed by atoms with Crippen LogP contribution < -0.4 is 9.64 Å². The van der Waals surface area contributed by atoms with Crippen molar-refractivity contribution in [2.24, 2.45) is 0 Å². The molecule has 6 heteroatoms. The summed E-state index contributed by atoms with van der Waals surface area (Å²) in [5.41, 5.74) is 2.70. The number of aromatic nitrogens is 2. The van der Waals surface area contributed by atoms with Gasteiger partial charge < -0.3 is 9.84 Å². The summed E-state index contributed by atoms with van der Waals surface area (Å²) in [6.07, 6.45) is 5.73. The van der Waals surface area contributed by atoms with Crippen molar-refractivity contribution < 1.29 is 14.6 Å². The third-order valence-corrected chi connectivity index (χ3v) is 4.28. The lowest BCUT2D eigenvalue weighted by molar-refractivity contribution is 0.201. The van der Waals surface area contributed by atoms with Crippen LogP contribution in [0.15, 0.2) is 61.1 Å². The third-order valence-electron chi connectivity index (χ3n) is 4.28. The summed E-state index contributed by atoms with van der Waals surface area (Å²) in [4.78, 5) is 21.3. The first-order chi connectivity index (χ1) is 12.7. The number of hydrogen-bond acceptors (Lipinski definition) is 4. The van der Waals surface area contributed by atoms with Crippen molar-refractivity contribution in [2.45, 2.75) is 12.8 Å². The van der Waals surface area contributed by atoms with Gasteiger partial charge in [0.15, 0.2) is 0 Å². The van der Waals surface area contributed by atoms with Crippen LogP contribution in [0, 0.1) is 0 Å². The summed E-state index contributed by atoms with van der Waals surface area (Å²) in [6, 6.07) is 13.4. The predicted octanol–water partition coefficient (Wildman–Crippen LogP) is 4.37. The van der Waals surface area contributed by atoms with Crippen molar-refractivity contribution in [3.8, 4) is 22.6 Å². The van der Waals surface area contributed by atoms with Crippen molar-refractivity contribution in [1.29, 1.82) is 0 Å². The number of para-hydroxylation sites is 1. The molecule has 0 saturated heterocycles. The Morgan fingerprint density at radius 2 is 1.85 bits per heavy atom. The van der Waals surface area contributed by atoms with Crippen LogP contribution in [0.4, 0.5) is 10.6 Å². The fourth-order valence-corrected chi connectivity index (χ4v) is 3.06. The van der Waals surface area contributed by atoms with E-state index in [1.165, 1.54) is 4.90 Å². The van der Waals surface area contributed by atoms with Crippen molar-refractivity contribution >= 4 is 11.9 Å². The zero-order valence-electron chi connectivity index (χ0n) is 14.0. The van der Waals surface area contributed by atoms with E-state index >= 15 is 0 Å². The van der Waals surface area contributed by atoms with Crippen LogP contribution in [-0.4, -0.2) is 27.7 Å². The fraction of sp³-hybridized carbons (Fsp3) is 0.150. The van der Waals surface area contributed by atoms with Gasteiger partial charge in [-0.25, -0.2) is 9.78 Å². The molecule has 1 N–H and O–H groups in total. The Kier molecular flexibility index (Phi) is 4.23. The molecule has 0 aliphatic carbocycles. The number of benzene rings is 1. The first-order valence-electron chi connectivity index (χ1n) is 8.38. The Balaban J connectivity index is 1.64. The maximum absolute atomic E-state index is 11.3. The van der Waals surface area contributed by atoms with Crippen LogP contribution in [0.5, 0.6) is 11.5 Å². The molecule has 0 spiro atoms. The molecule has 1 aromatic carbocycles. The second kappa shape index (κ2) is 6.84. The quantitative estimate of drug-likeness (QED) is 0.761. The Hall–Kier alpha value is -3.41. The van der Waals surface area contributed by atoms with Crippen molar-refractivity contribution in [3.63, 3.8) is 0 Å². The number of nitrogens with zero attached hydrogens (tertiary/aromatic N) is 3. The molecular weight excluding hydrogens is 330 g/mol. The molecule has 6 nitrogen and oxygen atoms in total. The number of ether oxygens (including phenoxy) is 1. The summed E-state index contributed by atoms with van der Waals surface area (Å²) in [5.74, 6) is 1.91. The second-order valence-electron chi connectivity index (χ2n) is 6.07. The number of pyridine rings is 2. The number of amides is 1. The van der Waals surface area contributed by atoms with E-state index in [2.05, 4.69) is 9.97 Å². The van der Waals surface area contributed by atoms with Gasteiger partial charge in [-0.1, -0.05) is 18.2 Å². The van der Waals surface area contributed by atoms with E-state index in [-0.39, 0.29) is 0 Å². The van der Waals surface area contributed by atoms with Crippen LogP contribution in [0.1, 0.15) is 12.0 Å². The van der Waals surface area contributed by atoms with Crippen LogP contribution in [0.2, 0.25) is 0 Å². The Morgan fingerprint density at radius 1 is 1.04 bits per heavy atom. The highest BCUT2D eigenvalue weighted by molar-refractivity contribution is 5.86. The number of rotatable bonds is 3. The Bertz CT molecular complexity index is 944. The average molecular weight is 347 g/mol. The number of aryl methyl sites for hydroxylation is 1. The molecule has 3 aromatic rings. The number of carboxylic acid groups (broad SMARTS) is 1. The first kappa shape index (κ1) is 16.1. The van der Waals surface area contributed by atoms with Gasteiger partial charge in [0.05, 0.1) is 6.20 Å². The molecular formula is C20H17N3O3. The summed E-state index contributed by atoms with van der Waals surface area (Å²) >= 11 is 0. The summed E-state index contributed by atoms with van der Waals surface area (Å²) in [5, 5.41) is 9.31. The van der Waals surface area contributed by atoms with Gasteiger partial charge in [0.2, 0.25) is 0 Å². The largest absolute Gasteiger partial charge is 0.465 e. The molecule has 2 aromatic heterocycles. The summed E-state index contributed by atoms with van der Waals surface area (Å²) in [6.45, 7) is 0.483. The Morgan fingerprint density at radius 3 is 2.65 bits per heavy atom. The van der Waals surface area contributed by atoms with Crippen LogP contribution in [0.25, 0.3) is 11.1 Å². The highest BCUT2D eigenvalue weighted by Gasteiger charge is 2.23. The topological polar surface area (TPSA) is 75.5 Å². The number of carbonyl (C=O) groups is 1. The SMILES string of the molecule is O=C(O)N1CCCc2cc(-c3cncc(Oc4ccccc4)c3)cnc21. The standard InChI is InChI=1S/C20H17N3O3/c24-20(25)23-8-4-5-14-9-15(12-22-19(14)23)16-10-18(13-21-11-16)26-17-6-2-1-3-7-17/h1-3,6-7,9-13H,4-5,8H2,(H,24,25). The fourth-order valence-electron chi connectivity index (χ4n) is 3.06. The van der Waals surface area contributed by atoms with Gasteiger partial charge in [-0.3, -0.25) is 9.88 Å². The lowest BCUT2D eigenvalue weighted by Crippen LogP contribution is -2.34. The molecule has 1 amide bonds. The lowest BCUT2D eigenvalue weighted by atomic mass is 10.0. The van der Waals surface area contributed by atoms with E-state index < -0.39 is 6.09 Å². The molecule has 3 heterocycles. The molecule has 4 rings (SSSR count). The van der Waals surface area contributed by atoms with E-state index in [0.29, 0.717) is 18.1 Å². The highest BCUT2D eigenvalue weighted by atomic mass is 16.5. The van der Waals surface area contributed by atoms with E-state index in [1.807, 2.05) is 42.5 Å². The van der Waals surface area contributed by atoms with Gasteiger partial charge in [-0.15, -0.1) is 0 Å². The molecule has 0 bridgehead atoms. The molecule has 1 aliphatic rings. The smallest absolute Gasteiger partial charge is 0.413 e. The third kappa shape index (κ3) is 3.21. The number of anilines is 1. The van der Waals surface area contributed by atoms with Gasteiger partial charge in [-0.05, 0) is 42.7 Å². The minimum Gasteiger partial charge on any atom is -0.465 e. The highest BCUT2D eigenvalue weighted by Crippen LogP contribution is 2.31. The van der Waals surface area contributed by atoms with Gasteiger partial charge in [0.1, 0.15) is 17.3 Å². The molecule has 0 atom stereocenters. The second-order valence-corrected chi connectivity index (χ2v) is 6.07. The van der Waals surface area contributed by atoms with E-state index in [1.54, 1.807) is 18.6 Å². The lowest BCUT2D eigenvalue weighted by Gasteiger charge is -2.26. The van der Waals surface area contributed by atoms with E-state index in [0.717, 1.165) is 35.3 Å². The molecule has 0 radical (unpaired) electrons. The molecule has 130 valence electrons. The summed E-state index contributed by atoms with van der Waals surface area (Å²) < 4.78 is 5.83. The van der Waals surface area contributed by atoms with Gasteiger partial charge in [-0.2, -0.15) is 0 Å². The number of hydrogen-bond donors (Lipinski definition) is 1. The number of fused-ring (bicyclic) bond motifs is 1. The molecule has 0 fully saturated rings. The zero-order chi connectivity index (χ0) is 17.9. The van der Waals surface area contributed by atoms with Crippen molar-refractivity contribution in [3.05, 3.63) is 66.6 Å². The van der Waals surface area contributed by atoms with Gasteiger partial charge >= 0.3 is 6.09 Å². The predicted molar refractivity (Wildman–Crippen MR) is 97.7 cm³/mol. The minimum absolute atomic E-state index is 0.483. The molecule has 1 aliphatic heterocycles. The van der Waals surface area contributed by atoms with Crippen molar-refractivity contribution in [1.82, 2.24) is 9.97 Å². The molecule has 0 unspecified atom stereocenters. The zero-order valence-corrected chi connectivity index (χ0v) is 14.0. The Labute approximate surface area is 150 Å². The van der Waals surface area contributed by atoms with Crippen LogP contribution in [-0.2, 0) is 6.42 Å². The minimum atomic E-state index is -0.967.